The second-order valence-electron chi connectivity index (χ2n) is 8.86. The number of carbonyl (C=O) groups excluding carboxylic acids is 2. The van der Waals surface area contributed by atoms with Gasteiger partial charge in [-0.15, -0.1) is 0 Å². The maximum atomic E-state index is 13.5. The molecule has 0 aliphatic rings. The highest BCUT2D eigenvalue weighted by Gasteiger charge is 2.19. The molecule has 4 aromatic rings. The highest BCUT2D eigenvalue weighted by molar-refractivity contribution is 5.94. The summed E-state index contributed by atoms with van der Waals surface area (Å²) in [6, 6.07) is 26.8. The fourth-order valence-corrected chi connectivity index (χ4v) is 3.92. The summed E-state index contributed by atoms with van der Waals surface area (Å²) in [5.74, 6) is -0.556. The number of amides is 2. The van der Waals surface area contributed by atoms with E-state index in [0.717, 1.165) is 24.0 Å². The Morgan fingerprint density at radius 1 is 0.974 bits per heavy atom. The van der Waals surface area contributed by atoms with Crippen LogP contribution in [0.15, 0.2) is 91.0 Å². The molecule has 0 atom stereocenters. The predicted octanol–water partition coefficient (Wildman–Crippen LogP) is 5.46. The second-order valence-corrected chi connectivity index (χ2v) is 8.86. The monoisotopic (exact) mass is 514 g/mol. The van der Waals surface area contributed by atoms with Crippen LogP contribution in [0.25, 0.3) is 16.9 Å². The van der Waals surface area contributed by atoms with Crippen molar-refractivity contribution in [2.75, 3.05) is 25.0 Å². The molecule has 7 nitrogen and oxygen atoms in total. The van der Waals surface area contributed by atoms with Crippen molar-refractivity contribution in [3.8, 4) is 16.9 Å². The first kappa shape index (κ1) is 26.8. The molecule has 3 aromatic carbocycles. The number of rotatable bonds is 12. The summed E-state index contributed by atoms with van der Waals surface area (Å²) < 4.78 is 20.7. The zero-order valence-corrected chi connectivity index (χ0v) is 21.3. The molecule has 0 bridgehead atoms. The third kappa shape index (κ3) is 7.36. The average molecular weight is 515 g/mol. The predicted molar refractivity (Wildman–Crippen MR) is 145 cm³/mol. The maximum Gasteiger partial charge on any atom is 0.249 e. The van der Waals surface area contributed by atoms with Gasteiger partial charge < -0.3 is 15.0 Å². The van der Waals surface area contributed by atoms with Crippen LogP contribution >= 0.6 is 0 Å². The topological polar surface area (TPSA) is 76.5 Å². The summed E-state index contributed by atoms with van der Waals surface area (Å²) in [4.78, 5) is 27.5. The summed E-state index contributed by atoms with van der Waals surface area (Å²) in [5.41, 5.74) is 3.09. The molecule has 1 aromatic heterocycles. The van der Waals surface area contributed by atoms with Crippen LogP contribution in [-0.4, -0.2) is 46.2 Å². The lowest BCUT2D eigenvalue weighted by molar-refractivity contribution is -0.139. The highest BCUT2D eigenvalue weighted by Crippen LogP contribution is 2.25. The molecule has 0 spiro atoms. The average Bonchev–Trinajstić information content (AvgIpc) is 3.36. The first-order valence-electron chi connectivity index (χ1n) is 12.6. The summed E-state index contributed by atoms with van der Waals surface area (Å²) >= 11 is 0. The molecule has 8 heteroatoms. The van der Waals surface area contributed by atoms with Crippen LogP contribution in [0.4, 0.5) is 10.2 Å². The summed E-state index contributed by atoms with van der Waals surface area (Å²) in [6.45, 7) is 2.56. The summed E-state index contributed by atoms with van der Waals surface area (Å²) in [7, 11) is 0. The van der Waals surface area contributed by atoms with Crippen LogP contribution in [0.2, 0.25) is 0 Å². The zero-order chi connectivity index (χ0) is 26.7. The van der Waals surface area contributed by atoms with Gasteiger partial charge in [-0.2, -0.15) is 5.10 Å². The Kier molecular flexibility index (Phi) is 9.37. The van der Waals surface area contributed by atoms with Gasteiger partial charge in [0.2, 0.25) is 11.8 Å². The molecule has 1 N–H and O–H groups in total. The van der Waals surface area contributed by atoms with E-state index < -0.39 is 0 Å². The number of carbonyl (C=O) groups is 2. The molecule has 0 aliphatic heterocycles. The van der Waals surface area contributed by atoms with Crippen molar-refractivity contribution in [2.24, 2.45) is 0 Å². The molecule has 38 heavy (non-hydrogen) atoms. The summed E-state index contributed by atoms with van der Waals surface area (Å²) in [6.07, 6.45) is 1.65. The third-order valence-corrected chi connectivity index (χ3v) is 5.92. The lowest BCUT2D eigenvalue weighted by Crippen LogP contribution is -2.40. The smallest absolute Gasteiger partial charge is 0.249 e. The van der Waals surface area contributed by atoms with Crippen molar-refractivity contribution in [1.82, 2.24) is 14.7 Å². The van der Waals surface area contributed by atoms with Crippen molar-refractivity contribution in [3.63, 3.8) is 0 Å². The second kappa shape index (κ2) is 13.3. The van der Waals surface area contributed by atoms with Crippen LogP contribution in [0, 0.1) is 5.82 Å². The van der Waals surface area contributed by atoms with Gasteiger partial charge in [0, 0.05) is 18.2 Å². The fourth-order valence-electron chi connectivity index (χ4n) is 3.92. The van der Waals surface area contributed by atoms with Gasteiger partial charge in [-0.25, -0.2) is 9.07 Å². The number of hydrogen-bond donors (Lipinski definition) is 1. The third-order valence-electron chi connectivity index (χ3n) is 5.92. The van der Waals surface area contributed by atoms with Gasteiger partial charge in [0.1, 0.15) is 18.2 Å². The van der Waals surface area contributed by atoms with Gasteiger partial charge in [0.15, 0.2) is 0 Å². The van der Waals surface area contributed by atoms with E-state index in [4.69, 9.17) is 4.74 Å². The molecule has 0 saturated carbocycles. The van der Waals surface area contributed by atoms with Crippen molar-refractivity contribution in [2.45, 2.75) is 26.4 Å². The molecule has 0 radical (unpaired) electrons. The molecule has 0 saturated heterocycles. The number of hydrogen-bond acceptors (Lipinski definition) is 4. The number of anilines is 1. The standard InChI is InChI=1S/C30H31FN4O3/c1-2-3-18-34(30(37)22-38-21-23-10-6-4-7-11-23)20-29(36)32-28-19-27(24-12-8-5-9-13-24)33-35(28)26-16-14-25(31)15-17-26/h4-17,19H,2-3,18,20-22H2,1H3,(H,32,36). The molecular formula is C30H31FN4O3. The normalized spacial score (nSPS) is 10.8. The maximum absolute atomic E-state index is 13.5. The van der Waals surface area contributed by atoms with E-state index >= 15 is 0 Å². The van der Waals surface area contributed by atoms with E-state index in [1.165, 1.54) is 17.0 Å². The van der Waals surface area contributed by atoms with Crippen molar-refractivity contribution >= 4 is 17.6 Å². The SMILES string of the molecule is CCCCN(CC(=O)Nc1cc(-c2ccccc2)nn1-c1ccc(F)cc1)C(=O)COCc1ccccc1. The first-order valence-corrected chi connectivity index (χ1v) is 12.6. The molecule has 0 unspecified atom stereocenters. The van der Waals surface area contributed by atoms with Gasteiger partial charge in [0.25, 0.3) is 0 Å². The lowest BCUT2D eigenvalue weighted by Gasteiger charge is -2.22. The van der Waals surface area contributed by atoms with Gasteiger partial charge >= 0.3 is 0 Å². The molecule has 0 fully saturated rings. The number of nitrogens with one attached hydrogen (secondary N) is 1. The van der Waals surface area contributed by atoms with E-state index in [-0.39, 0.29) is 30.8 Å². The summed E-state index contributed by atoms with van der Waals surface area (Å²) in [5, 5.41) is 7.54. The number of unbranched alkanes of at least 4 members (excludes halogenated alkanes) is 1. The van der Waals surface area contributed by atoms with E-state index in [9.17, 15) is 14.0 Å². The molecule has 0 aliphatic carbocycles. The number of benzene rings is 3. The number of ether oxygens (including phenoxy) is 1. The minimum absolute atomic E-state index is 0.114. The van der Waals surface area contributed by atoms with Gasteiger partial charge in [0.05, 0.1) is 24.5 Å². The van der Waals surface area contributed by atoms with E-state index in [2.05, 4.69) is 10.4 Å². The Morgan fingerprint density at radius 3 is 2.34 bits per heavy atom. The van der Waals surface area contributed by atoms with Crippen LogP contribution in [0.1, 0.15) is 25.3 Å². The highest BCUT2D eigenvalue weighted by atomic mass is 19.1. The van der Waals surface area contributed by atoms with Crippen LogP contribution in [0.5, 0.6) is 0 Å². The lowest BCUT2D eigenvalue weighted by atomic mass is 10.1. The van der Waals surface area contributed by atoms with Crippen LogP contribution in [0.3, 0.4) is 0 Å². The largest absolute Gasteiger partial charge is 0.367 e. The van der Waals surface area contributed by atoms with Crippen LogP contribution in [-0.2, 0) is 20.9 Å². The number of halogens is 1. The molecule has 2 amide bonds. The molecular weight excluding hydrogens is 483 g/mol. The Bertz CT molecular complexity index is 1320. The fraction of sp³-hybridized carbons (Fsp3) is 0.233. The van der Waals surface area contributed by atoms with E-state index in [1.54, 1.807) is 22.9 Å². The molecule has 4 rings (SSSR count). The molecule has 196 valence electrons. The van der Waals surface area contributed by atoms with Gasteiger partial charge in [-0.3, -0.25) is 9.59 Å². The van der Waals surface area contributed by atoms with Gasteiger partial charge in [-0.1, -0.05) is 74.0 Å². The Balaban J connectivity index is 1.47. The first-order chi connectivity index (χ1) is 18.5. The quantitative estimate of drug-likeness (QED) is 0.272. The minimum Gasteiger partial charge on any atom is -0.367 e. The Labute approximate surface area is 221 Å². The van der Waals surface area contributed by atoms with Crippen molar-refractivity contribution in [3.05, 3.63) is 102 Å². The van der Waals surface area contributed by atoms with E-state index in [0.29, 0.717) is 30.4 Å². The molecule has 1 heterocycles. The van der Waals surface area contributed by atoms with Crippen LogP contribution < -0.4 is 5.32 Å². The Morgan fingerprint density at radius 2 is 1.66 bits per heavy atom. The van der Waals surface area contributed by atoms with E-state index in [1.807, 2.05) is 67.6 Å². The number of nitrogens with zero attached hydrogens (tertiary/aromatic N) is 3. The zero-order valence-electron chi connectivity index (χ0n) is 21.3. The van der Waals surface area contributed by atoms with Crippen molar-refractivity contribution < 1.29 is 18.7 Å². The minimum atomic E-state index is -0.366. The van der Waals surface area contributed by atoms with Gasteiger partial charge in [-0.05, 0) is 36.2 Å². The number of aromatic nitrogens is 2. The van der Waals surface area contributed by atoms with Crippen molar-refractivity contribution in [1.29, 1.82) is 0 Å². The Hall–Kier alpha value is -4.30.